The Balaban J connectivity index is 2.33. The molecule has 1 rings (SSSR count). The first-order valence-corrected chi connectivity index (χ1v) is 6.00. The van der Waals surface area contributed by atoms with Gasteiger partial charge in [-0.1, -0.05) is 20.3 Å². The molecule has 0 spiro atoms. The minimum atomic E-state index is 0.445. The summed E-state index contributed by atoms with van der Waals surface area (Å²) in [6, 6.07) is 2.02. The van der Waals surface area contributed by atoms with Crippen molar-refractivity contribution >= 4 is 5.82 Å². The first-order chi connectivity index (χ1) is 7.74. The molecule has 4 nitrogen and oxygen atoms in total. The maximum absolute atomic E-state index is 5.43. The maximum Gasteiger partial charge on any atom is 0.129 e. The van der Waals surface area contributed by atoms with Gasteiger partial charge in [0.2, 0.25) is 0 Å². The van der Waals surface area contributed by atoms with E-state index >= 15 is 0 Å². The van der Waals surface area contributed by atoms with Crippen molar-refractivity contribution in [2.75, 3.05) is 18.4 Å². The van der Waals surface area contributed by atoms with Crippen molar-refractivity contribution in [3.63, 3.8) is 0 Å². The summed E-state index contributed by atoms with van der Waals surface area (Å²) >= 11 is 0. The van der Waals surface area contributed by atoms with Gasteiger partial charge in [0, 0.05) is 18.3 Å². The Morgan fingerprint density at radius 3 is 2.75 bits per heavy atom. The normalized spacial score (nSPS) is 10.8. The van der Waals surface area contributed by atoms with Gasteiger partial charge in [-0.15, -0.1) is 0 Å². The van der Waals surface area contributed by atoms with E-state index in [2.05, 4.69) is 29.1 Å². The van der Waals surface area contributed by atoms with E-state index in [1.54, 1.807) is 6.33 Å². The third kappa shape index (κ3) is 4.57. The Morgan fingerprint density at radius 1 is 1.25 bits per heavy atom. The van der Waals surface area contributed by atoms with E-state index in [1.165, 1.54) is 6.42 Å². The van der Waals surface area contributed by atoms with Gasteiger partial charge in [0.1, 0.15) is 12.1 Å². The molecule has 1 aromatic rings. The number of aromatic nitrogens is 2. The molecule has 0 unspecified atom stereocenters. The average molecular weight is 222 g/mol. The molecule has 1 aromatic heterocycles. The Labute approximate surface area is 97.7 Å². The molecule has 0 radical (unpaired) electrons. The van der Waals surface area contributed by atoms with E-state index in [0.717, 1.165) is 37.4 Å². The maximum atomic E-state index is 5.43. The summed E-state index contributed by atoms with van der Waals surface area (Å²) in [5.41, 5.74) is 6.52. The Bertz CT molecular complexity index is 299. The van der Waals surface area contributed by atoms with Crippen molar-refractivity contribution in [1.82, 2.24) is 9.97 Å². The van der Waals surface area contributed by atoms with Gasteiger partial charge in [0.25, 0.3) is 0 Å². The first kappa shape index (κ1) is 12.9. The third-order valence-electron chi connectivity index (χ3n) is 2.47. The largest absolute Gasteiger partial charge is 0.370 e. The Hall–Kier alpha value is -1.16. The van der Waals surface area contributed by atoms with Crippen LogP contribution >= 0.6 is 0 Å². The lowest BCUT2D eigenvalue weighted by Gasteiger charge is -2.08. The van der Waals surface area contributed by atoms with Gasteiger partial charge in [-0.3, -0.25) is 0 Å². The molecule has 0 atom stereocenters. The molecule has 0 amide bonds. The molecule has 1 heterocycles. The molecule has 0 aliphatic heterocycles. The van der Waals surface area contributed by atoms with Crippen LogP contribution in [0.5, 0.6) is 0 Å². The molecule has 0 saturated carbocycles. The van der Waals surface area contributed by atoms with Gasteiger partial charge in [-0.25, -0.2) is 9.97 Å². The van der Waals surface area contributed by atoms with Gasteiger partial charge in [0.15, 0.2) is 0 Å². The predicted octanol–water partition coefficient (Wildman–Crippen LogP) is 2.14. The topological polar surface area (TPSA) is 63.8 Å². The van der Waals surface area contributed by atoms with Crippen LogP contribution in [0.4, 0.5) is 5.82 Å². The molecule has 0 aromatic carbocycles. The molecule has 0 bridgehead atoms. The lowest BCUT2D eigenvalue weighted by molar-refractivity contribution is 0.705. The number of nitrogens with zero attached hydrogens (tertiary/aromatic N) is 2. The van der Waals surface area contributed by atoms with Crippen molar-refractivity contribution in [2.24, 2.45) is 5.73 Å². The summed E-state index contributed by atoms with van der Waals surface area (Å²) in [5, 5.41) is 3.31. The van der Waals surface area contributed by atoms with Crippen LogP contribution in [0.1, 0.15) is 44.7 Å². The van der Waals surface area contributed by atoms with Crippen molar-refractivity contribution < 1.29 is 0 Å². The second kappa shape index (κ2) is 7.17. The summed E-state index contributed by atoms with van der Waals surface area (Å²) in [7, 11) is 0. The number of hydrogen-bond donors (Lipinski definition) is 2. The quantitative estimate of drug-likeness (QED) is 0.694. The molecule has 0 fully saturated rings. The second-order valence-electron chi connectivity index (χ2n) is 4.26. The van der Waals surface area contributed by atoms with Gasteiger partial charge < -0.3 is 11.1 Å². The second-order valence-corrected chi connectivity index (χ2v) is 4.26. The van der Waals surface area contributed by atoms with E-state index in [0.29, 0.717) is 5.92 Å². The van der Waals surface area contributed by atoms with Gasteiger partial charge in [-0.2, -0.15) is 0 Å². The van der Waals surface area contributed by atoms with E-state index < -0.39 is 0 Å². The van der Waals surface area contributed by atoms with Gasteiger partial charge in [-0.05, 0) is 25.3 Å². The van der Waals surface area contributed by atoms with Crippen LogP contribution < -0.4 is 11.1 Å². The summed E-state index contributed by atoms with van der Waals surface area (Å²) in [4.78, 5) is 8.42. The van der Waals surface area contributed by atoms with E-state index in [9.17, 15) is 0 Å². The highest BCUT2D eigenvalue weighted by molar-refractivity contribution is 5.35. The zero-order chi connectivity index (χ0) is 11.8. The summed E-state index contributed by atoms with van der Waals surface area (Å²) in [6.45, 7) is 6.00. The van der Waals surface area contributed by atoms with Crippen LogP contribution in [0, 0.1) is 0 Å². The highest BCUT2D eigenvalue weighted by Gasteiger charge is 2.02. The van der Waals surface area contributed by atoms with Gasteiger partial charge >= 0.3 is 0 Å². The predicted molar refractivity (Wildman–Crippen MR) is 67.5 cm³/mol. The first-order valence-electron chi connectivity index (χ1n) is 6.00. The van der Waals surface area contributed by atoms with Crippen LogP contribution in [-0.2, 0) is 0 Å². The number of nitrogens with two attached hydrogens (primary N) is 1. The van der Waals surface area contributed by atoms with E-state index in [4.69, 9.17) is 5.73 Å². The highest BCUT2D eigenvalue weighted by Crippen LogP contribution is 2.13. The number of nitrogens with one attached hydrogen (secondary N) is 1. The smallest absolute Gasteiger partial charge is 0.129 e. The minimum Gasteiger partial charge on any atom is -0.370 e. The molecule has 0 saturated heterocycles. The number of anilines is 1. The zero-order valence-electron chi connectivity index (χ0n) is 10.2. The van der Waals surface area contributed by atoms with Crippen LogP contribution in [0.3, 0.4) is 0 Å². The average Bonchev–Trinajstić information content (AvgIpc) is 2.29. The lowest BCUT2D eigenvalue weighted by atomic mass is 10.1. The summed E-state index contributed by atoms with van der Waals surface area (Å²) < 4.78 is 0. The fraction of sp³-hybridized carbons (Fsp3) is 0.667. The molecule has 4 heteroatoms. The number of rotatable bonds is 7. The summed E-state index contributed by atoms with van der Waals surface area (Å²) in [6.07, 6.45) is 5.03. The molecule has 16 heavy (non-hydrogen) atoms. The third-order valence-corrected chi connectivity index (χ3v) is 2.47. The number of hydrogen-bond acceptors (Lipinski definition) is 4. The number of unbranched alkanes of at least 4 members (excludes halogenated alkanes) is 2. The molecule has 0 aliphatic carbocycles. The highest BCUT2D eigenvalue weighted by atomic mass is 15.0. The van der Waals surface area contributed by atoms with Crippen molar-refractivity contribution in [3.05, 3.63) is 18.1 Å². The van der Waals surface area contributed by atoms with Gasteiger partial charge in [0.05, 0.1) is 0 Å². The monoisotopic (exact) mass is 222 g/mol. The SMILES string of the molecule is CC(C)c1cc(NCCCCCN)ncn1. The van der Waals surface area contributed by atoms with E-state index in [-0.39, 0.29) is 0 Å². The van der Waals surface area contributed by atoms with Crippen molar-refractivity contribution in [2.45, 2.75) is 39.0 Å². The van der Waals surface area contributed by atoms with Crippen LogP contribution in [0.25, 0.3) is 0 Å². The Kier molecular flexibility index (Phi) is 5.78. The minimum absolute atomic E-state index is 0.445. The summed E-state index contributed by atoms with van der Waals surface area (Å²) in [5.74, 6) is 1.37. The molecule has 0 aliphatic rings. The fourth-order valence-electron chi connectivity index (χ4n) is 1.45. The Morgan fingerprint density at radius 2 is 2.06 bits per heavy atom. The standard InChI is InChI=1S/C12H22N4/c1-10(2)11-8-12(16-9-15-11)14-7-5-3-4-6-13/h8-10H,3-7,13H2,1-2H3,(H,14,15,16). The fourth-order valence-corrected chi connectivity index (χ4v) is 1.45. The molecular weight excluding hydrogens is 200 g/mol. The molecule has 90 valence electrons. The molecular formula is C12H22N4. The van der Waals surface area contributed by atoms with Crippen molar-refractivity contribution in [1.29, 1.82) is 0 Å². The van der Waals surface area contributed by atoms with Crippen LogP contribution in [0.15, 0.2) is 12.4 Å². The lowest BCUT2D eigenvalue weighted by Crippen LogP contribution is -2.06. The van der Waals surface area contributed by atoms with Crippen molar-refractivity contribution in [3.8, 4) is 0 Å². The molecule has 3 N–H and O–H groups in total. The zero-order valence-corrected chi connectivity index (χ0v) is 10.2. The van der Waals surface area contributed by atoms with E-state index in [1.807, 2.05) is 6.07 Å². The van der Waals surface area contributed by atoms with Crippen LogP contribution in [0.2, 0.25) is 0 Å². The van der Waals surface area contributed by atoms with Crippen LogP contribution in [-0.4, -0.2) is 23.1 Å².